The lowest BCUT2D eigenvalue weighted by Gasteiger charge is -2.34. The van der Waals surface area contributed by atoms with E-state index in [1.807, 2.05) is 6.07 Å². The predicted molar refractivity (Wildman–Crippen MR) is 69.2 cm³/mol. The number of anilines is 1. The normalized spacial score (nSPS) is 24.7. The topological polar surface area (TPSA) is 66.3 Å². The van der Waals surface area contributed by atoms with Crippen LogP contribution in [0.1, 0.15) is 13.3 Å². The Morgan fingerprint density at radius 1 is 1.50 bits per heavy atom. The fraction of sp³-hybridized carbons (Fsp3) is 0.545. The fourth-order valence-electron chi connectivity index (χ4n) is 2.19. The summed E-state index contributed by atoms with van der Waals surface area (Å²) in [5.74, 6) is 1.28. The minimum atomic E-state index is -0.320. The highest BCUT2D eigenvalue weighted by Gasteiger charge is 2.25. The van der Waals surface area contributed by atoms with Gasteiger partial charge in [0.2, 0.25) is 0 Å². The number of rotatable bonds is 1. The van der Waals surface area contributed by atoms with Crippen LogP contribution in [0.15, 0.2) is 16.9 Å². The number of alkyl halides is 1. The van der Waals surface area contributed by atoms with Gasteiger partial charge < -0.3 is 4.90 Å². The molecule has 0 aliphatic carbocycles. The number of fused-ring (bicyclic) bond motifs is 1. The Bertz CT molecular complexity index is 621. The monoisotopic (exact) mass is 267 g/mol. The molecule has 1 N–H and O–H groups in total. The standard InChI is InChI=1S/C11H14ClN5O/c1-7-4-5-16(6-8(7)12)10-3-2-9-13-14-11(18)17(9)15-10/h2-3,7-8H,4-6H2,1H3,(H,14,18). The number of nitrogens with one attached hydrogen (secondary N) is 1. The Kier molecular flexibility index (Phi) is 2.74. The summed E-state index contributed by atoms with van der Waals surface area (Å²) in [6.45, 7) is 3.83. The molecule has 0 radical (unpaired) electrons. The maximum atomic E-state index is 11.5. The van der Waals surface area contributed by atoms with Gasteiger partial charge in [-0.2, -0.15) is 9.61 Å². The van der Waals surface area contributed by atoms with Crippen molar-refractivity contribution in [3.05, 3.63) is 22.6 Å². The van der Waals surface area contributed by atoms with Crippen LogP contribution < -0.4 is 10.6 Å². The van der Waals surface area contributed by atoms with E-state index in [2.05, 4.69) is 27.1 Å². The third-order valence-electron chi connectivity index (χ3n) is 3.45. The molecule has 0 spiro atoms. The van der Waals surface area contributed by atoms with Crippen LogP contribution in [0.3, 0.4) is 0 Å². The molecule has 2 unspecified atom stereocenters. The smallest absolute Gasteiger partial charge is 0.354 e. The van der Waals surface area contributed by atoms with Crippen LogP contribution in [0, 0.1) is 5.92 Å². The molecule has 0 amide bonds. The molecule has 0 saturated carbocycles. The quantitative estimate of drug-likeness (QED) is 0.779. The van der Waals surface area contributed by atoms with E-state index < -0.39 is 0 Å². The van der Waals surface area contributed by atoms with Crippen LogP contribution in [0.5, 0.6) is 0 Å². The molecule has 96 valence electrons. The zero-order valence-electron chi connectivity index (χ0n) is 10.0. The van der Waals surface area contributed by atoms with Crippen molar-refractivity contribution in [1.82, 2.24) is 19.8 Å². The van der Waals surface area contributed by atoms with Crippen LogP contribution in [-0.2, 0) is 0 Å². The van der Waals surface area contributed by atoms with Crippen LogP contribution in [0.25, 0.3) is 5.65 Å². The average Bonchev–Trinajstić information content (AvgIpc) is 2.74. The van der Waals surface area contributed by atoms with E-state index in [0.29, 0.717) is 11.6 Å². The SMILES string of the molecule is CC1CCN(c2ccc3n[nH]c(=O)n3n2)CC1Cl. The lowest BCUT2D eigenvalue weighted by molar-refractivity contribution is 0.442. The van der Waals surface area contributed by atoms with Crippen molar-refractivity contribution < 1.29 is 0 Å². The zero-order valence-corrected chi connectivity index (χ0v) is 10.8. The first-order chi connectivity index (χ1) is 8.65. The summed E-state index contributed by atoms with van der Waals surface area (Å²) in [6.07, 6.45) is 1.04. The van der Waals surface area contributed by atoms with Crippen LogP contribution in [0.2, 0.25) is 0 Å². The molecule has 1 saturated heterocycles. The van der Waals surface area contributed by atoms with Gasteiger partial charge in [0.15, 0.2) is 5.65 Å². The molecule has 7 heteroatoms. The van der Waals surface area contributed by atoms with Crippen LogP contribution in [-0.4, -0.2) is 38.3 Å². The van der Waals surface area contributed by atoms with Gasteiger partial charge in [0, 0.05) is 13.1 Å². The minimum Gasteiger partial charge on any atom is -0.354 e. The first kappa shape index (κ1) is 11.5. The van der Waals surface area contributed by atoms with E-state index in [1.165, 1.54) is 4.52 Å². The lowest BCUT2D eigenvalue weighted by Crippen LogP contribution is -2.41. The minimum absolute atomic E-state index is 0.123. The molecule has 6 nitrogen and oxygen atoms in total. The van der Waals surface area contributed by atoms with Crippen molar-refractivity contribution >= 4 is 23.1 Å². The Morgan fingerprint density at radius 2 is 2.33 bits per heavy atom. The molecule has 18 heavy (non-hydrogen) atoms. The largest absolute Gasteiger partial charge is 0.364 e. The Balaban J connectivity index is 1.94. The molecule has 3 heterocycles. The van der Waals surface area contributed by atoms with E-state index in [4.69, 9.17) is 11.6 Å². The van der Waals surface area contributed by atoms with Gasteiger partial charge in [0.1, 0.15) is 5.82 Å². The number of halogens is 1. The van der Waals surface area contributed by atoms with Gasteiger partial charge >= 0.3 is 5.69 Å². The molecule has 3 rings (SSSR count). The number of hydrogen-bond donors (Lipinski definition) is 1. The van der Waals surface area contributed by atoms with Crippen molar-refractivity contribution in [2.75, 3.05) is 18.0 Å². The van der Waals surface area contributed by atoms with Gasteiger partial charge in [0.25, 0.3) is 0 Å². The highest BCUT2D eigenvalue weighted by molar-refractivity contribution is 6.21. The lowest BCUT2D eigenvalue weighted by atomic mass is 9.99. The number of hydrogen-bond acceptors (Lipinski definition) is 4. The molecule has 2 aromatic heterocycles. The number of aromatic amines is 1. The Hall–Kier alpha value is -1.56. The number of aromatic nitrogens is 4. The summed E-state index contributed by atoms with van der Waals surface area (Å²) in [5, 5.41) is 10.6. The van der Waals surface area contributed by atoms with E-state index in [9.17, 15) is 4.79 Å². The van der Waals surface area contributed by atoms with Gasteiger partial charge in [-0.1, -0.05) is 6.92 Å². The number of piperidine rings is 1. The zero-order chi connectivity index (χ0) is 12.7. The van der Waals surface area contributed by atoms with Crippen molar-refractivity contribution in [2.45, 2.75) is 18.7 Å². The second-order valence-corrected chi connectivity index (χ2v) is 5.28. The molecule has 0 aromatic carbocycles. The number of nitrogens with zero attached hydrogens (tertiary/aromatic N) is 4. The summed E-state index contributed by atoms with van der Waals surface area (Å²) in [4.78, 5) is 13.6. The first-order valence-corrected chi connectivity index (χ1v) is 6.42. The molecule has 2 aromatic rings. The van der Waals surface area contributed by atoms with E-state index in [0.717, 1.165) is 25.3 Å². The van der Waals surface area contributed by atoms with Gasteiger partial charge in [-0.15, -0.1) is 16.7 Å². The summed E-state index contributed by atoms with van der Waals surface area (Å²) < 4.78 is 1.27. The predicted octanol–water partition coefficient (Wildman–Crippen LogP) is 0.871. The van der Waals surface area contributed by atoms with Gasteiger partial charge in [-0.05, 0) is 24.5 Å². The van der Waals surface area contributed by atoms with Crippen LogP contribution >= 0.6 is 11.6 Å². The number of H-pyrrole nitrogens is 1. The second kappa shape index (κ2) is 4.28. The molecule has 1 fully saturated rings. The second-order valence-electron chi connectivity index (χ2n) is 4.72. The molecule has 0 bridgehead atoms. The molecule has 1 aliphatic heterocycles. The first-order valence-electron chi connectivity index (χ1n) is 5.98. The third-order valence-corrected chi connectivity index (χ3v) is 4.02. The van der Waals surface area contributed by atoms with E-state index in [1.54, 1.807) is 6.07 Å². The highest BCUT2D eigenvalue weighted by Crippen LogP contribution is 2.24. The molecule has 2 atom stereocenters. The molecular weight excluding hydrogens is 254 g/mol. The van der Waals surface area contributed by atoms with Gasteiger partial charge in [-0.3, -0.25) is 0 Å². The summed E-state index contributed by atoms with van der Waals surface area (Å²) >= 11 is 6.28. The molecule has 1 aliphatic rings. The maximum absolute atomic E-state index is 11.5. The van der Waals surface area contributed by atoms with E-state index >= 15 is 0 Å². The Morgan fingerprint density at radius 3 is 3.11 bits per heavy atom. The highest BCUT2D eigenvalue weighted by atomic mass is 35.5. The van der Waals surface area contributed by atoms with Crippen molar-refractivity contribution in [2.24, 2.45) is 5.92 Å². The summed E-state index contributed by atoms with van der Waals surface area (Å²) in [6, 6.07) is 3.65. The van der Waals surface area contributed by atoms with Crippen molar-refractivity contribution in [3.63, 3.8) is 0 Å². The summed E-state index contributed by atoms with van der Waals surface area (Å²) in [7, 11) is 0. The van der Waals surface area contributed by atoms with Crippen molar-refractivity contribution in [3.8, 4) is 0 Å². The molecular formula is C11H14ClN5O. The van der Waals surface area contributed by atoms with Gasteiger partial charge in [-0.25, -0.2) is 9.89 Å². The average molecular weight is 268 g/mol. The van der Waals surface area contributed by atoms with Crippen molar-refractivity contribution in [1.29, 1.82) is 0 Å². The van der Waals surface area contributed by atoms with Gasteiger partial charge in [0.05, 0.1) is 5.38 Å². The third kappa shape index (κ3) is 1.86. The van der Waals surface area contributed by atoms with E-state index in [-0.39, 0.29) is 11.1 Å². The maximum Gasteiger partial charge on any atom is 0.364 e. The fourth-order valence-corrected chi connectivity index (χ4v) is 2.48. The van der Waals surface area contributed by atoms with Crippen LogP contribution in [0.4, 0.5) is 5.82 Å². The summed E-state index contributed by atoms with van der Waals surface area (Å²) in [5.41, 5.74) is 0.205. The Labute approximate surface area is 109 Å².